The number of carbonyl (C=O) groups excluding carboxylic acids is 4. The van der Waals surface area contributed by atoms with Crippen LogP contribution in [0.4, 0.5) is 81.5 Å². The molecule has 5 aliphatic rings. The molecule has 0 aliphatic carbocycles. The van der Waals surface area contributed by atoms with E-state index in [2.05, 4.69) is 105 Å². The van der Waals surface area contributed by atoms with Gasteiger partial charge in [-0.3, -0.25) is 60.0 Å². The summed E-state index contributed by atoms with van der Waals surface area (Å²) in [6.45, 7) is 31.2. The van der Waals surface area contributed by atoms with Crippen molar-refractivity contribution < 1.29 is 60.1 Å². The van der Waals surface area contributed by atoms with E-state index in [4.69, 9.17) is 42.6 Å². The number of hydrogen-bond acceptors (Lipinski definition) is 28. The molecule has 5 aromatic heterocycles. The number of anilines is 6. The number of thioether (sulfide) groups is 5. The summed E-state index contributed by atoms with van der Waals surface area (Å²) in [6.07, 6.45) is 10.1. The number of halogens is 5. The number of nitrogens with zero attached hydrogens (tertiary/aromatic N) is 11. The van der Waals surface area contributed by atoms with Crippen molar-refractivity contribution in [2.75, 3.05) is 50.4 Å². The molecule has 0 fully saturated rings. The second-order valence-electron chi connectivity index (χ2n) is 37.2. The van der Waals surface area contributed by atoms with Crippen molar-refractivity contribution in [3.8, 4) is 0 Å². The Bertz CT molecular complexity index is 6320. The number of imidazole rings is 2. The summed E-state index contributed by atoms with van der Waals surface area (Å²) in [6, 6.07) is 40.8. The molecule has 5 atom stereocenters. The van der Waals surface area contributed by atoms with Crippen LogP contribution in [0.1, 0.15) is 213 Å². The maximum absolute atomic E-state index is 14.9. The Labute approximate surface area is 860 Å². The number of nitrogen functional groups attached to an aromatic ring is 1. The van der Waals surface area contributed by atoms with E-state index in [-0.39, 0.29) is 58.8 Å². The summed E-state index contributed by atoms with van der Waals surface area (Å²) in [4.78, 5) is 88.0. The highest BCUT2D eigenvalue weighted by molar-refractivity contribution is 8.15. The van der Waals surface area contributed by atoms with Crippen LogP contribution in [-0.4, -0.2) is 135 Å². The number of amides is 4. The lowest BCUT2D eigenvalue weighted by atomic mass is 9.89. The fourth-order valence-corrected chi connectivity index (χ4v) is 20.1. The normalized spacial score (nSPS) is 19.1. The molecule has 12 N–H and O–H groups in total. The van der Waals surface area contributed by atoms with Crippen molar-refractivity contribution in [3.63, 3.8) is 0 Å². The maximum atomic E-state index is 14.9. The van der Waals surface area contributed by atoms with Crippen LogP contribution in [0.5, 0.6) is 0 Å². The van der Waals surface area contributed by atoms with Gasteiger partial charge in [0.1, 0.15) is 51.5 Å². The summed E-state index contributed by atoms with van der Waals surface area (Å²) < 4.78 is 97.7. The van der Waals surface area contributed by atoms with Crippen molar-refractivity contribution in [3.05, 3.63) is 239 Å². The third kappa shape index (κ3) is 33.9. The molecule has 0 unspecified atom stereocenters. The number of amidine groups is 5. The Morgan fingerprint density at radius 2 is 0.754 bits per heavy atom. The smallest absolute Gasteiger partial charge is 0.413 e. The van der Waals surface area contributed by atoms with Gasteiger partial charge < -0.3 is 51.7 Å². The van der Waals surface area contributed by atoms with Gasteiger partial charge in [-0.15, -0.1) is 0 Å². The predicted molar refractivity (Wildman–Crippen MR) is 583 cm³/mol. The molecule has 10 aromatic rings. The first-order chi connectivity index (χ1) is 64.9. The Balaban J connectivity index is 0.000000241. The number of hydrogen-bond donors (Lipinski definition) is 10. The minimum Gasteiger partial charge on any atom is -0.444 e. The van der Waals surface area contributed by atoms with E-state index >= 15 is 0 Å². The molecule has 10 heterocycles. The lowest BCUT2D eigenvalue weighted by molar-refractivity contribution is 0.0552. The van der Waals surface area contributed by atoms with Crippen LogP contribution < -0.4 is 54.0 Å². The van der Waals surface area contributed by atoms with Gasteiger partial charge in [-0.2, -0.15) is 4.99 Å². The van der Waals surface area contributed by atoms with Gasteiger partial charge in [0.05, 0.1) is 74.2 Å². The number of fused-ring (bicyclic) bond motifs is 2. The Hall–Kier alpha value is -11.9. The van der Waals surface area contributed by atoms with E-state index < -0.39 is 74.5 Å². The van der Waals surface area contributed by atoms with E-state index in [1.54, 1.807) is 150 Å². The van der Waals surface area contributed by atoms with Gasteiger partial charge in [0, 0.05) is 97.9 Å². The maximum Gasteiger partial charge on any atom is 0.413 e. The van der Waals surface area contributed by atoms with Crippen LogP contribution in [0.25, 0.3) is 11.0 Å². The van der Waals surface area contributed by atoms with E-state index in [9.17, 15) is 41.1 Å². The van der Waals surface area contributed by atoms with Crippen molar-refractivity contribution >= 4 is 195 Å². The number of nitrogens with two attached hydrogens (primary N) is 2. The molecule has 0 saturated carbocycles. The van der Waals surface area contributed by atoms with Crippen LogP contribution in [0.15, 0.2) is 207 Å². The van der Waals surface area contributed by atoms with Crippen LogP contribution in [0.3, 0.4) is 0 Å². The van der Waals surface area contributed by atoms with E-state index in [0.29, 0.717) is 149 Å². The first kappa shape index (κ1) is 117. The standard InChI is InChI=1S/C23H28FN5O2S2.C23H26FN5O2S.C18H18FN5S.C17H20FN3O2S2.C16H22FN3O2S.4CH4/c1-22(2,3)31-21(30)28-20-29-23(4,10-12-33-20)17-13-15(8-9-18(17)24)27-19(32)26-14-16-7-5-6-11-25-16;1-22(2,3)31-21(30)27-20-28-23(4,10-12-32-20)17-13-15(8-9-18(17)24)26-19-25-14-16-7-5-6-11-29(16)19;1-18(7-9-25-16(20)23-18)14-10-12(5-6-15(14)19)22-17-21-11-13-4-2-3-8-24(13)17;1-16(2,3)23-15(22)20-14-21-17(4,7-8-25-14)12-9-11(19-10-24)5-6-13(12)18;1-15(2,3)22-14(21)19-13-20-16(4,7-8-23-13)11-9-10(18)5-6-12(11)17;;;;/h5-9,11,13H,10,12,14H2,1-4H3,(H2,26,27,32)(H,28,29,30);5-9,11,13-14H,10,12H2,1-4H3,(H,25,26)(H,27,28,30);2-6,8,10-11H,7,9H2,1H3,(H2,20,23)(H,21,22);5-6,9H,7-8H2,1-4H3,(H,20,21,22);5-6,9H,7-8,18H2,1-4H3,(H,19,20,21);4*1H4/t2*23-;18-;17-;16-;;;;/m00000..../s1. The zero-order chi connectivity index (χ0) is 100. The van der Waals surface area contributed by atoms with Gasteiger partial charge in [-0.1, -0.05) is 107 Å². The molecule has 142 heavy (non-hydrogen) atoms. The van der Waals surface area contributed by atoms with Gasteiger partial charge >= 0.3 is 24.4 Å². The second kappa shape index (κ2) is 50.4. The molecule has 764 valence electrons. The minimum atomic E-state index is -0.847. The van der Waals surface area contributed by atoms with Gasteiger partial charge in [0.15, 0.2) is 31.0 Å². The van der Waals surface area contributed by atoms with Crippen LogP contribution in [0, 0.1) is 29.1 Å². The number of alkyl carbamates (subject to hydrolysis) is 4. The number of nitrogens with one attached hydrogen (secondary N) is 8. The molecule has 41 heteroatoms. The van der Waals surface area contributed by atoms with Crippen molar-refractivity contribution in [1.82, 2.24) is 50.3 Å². The first-order valence-corrected chi connectivity index (χ1v) is 49.7. The minimum absolute atomic E-state index is 0. The zero-order valence-electron chi connectivity index (χ0n) is 79.6. The number of ether oxygens (including phenoxy) is 4. The lowest BCUT2D eigenvalue weighted by Crippen LogP contribution is -2.39. The van der Waals surface area contributed by atoms with E-state index in [1.165, 1.54) is 101 Å². The second-order valence-corrected chi connectivity index (χ2v) is 43.3. The molecule has 0 saturated heterocycles. The number of aliphatic imine (C=N–C) groups is 6. The third-order valence-corrected chi connectivity index (χ3v) is 25.7. The molecule has 29 nitrogen and oxygen atoms in total. The van der Waals surface area contributed by atoms with Crippen LogP contribution in [-0.2, 0) is 53.2 Å². The molecule has 15 rings (SSSR count). The highest BCUT2D eigenvalue weighted by Crippen LogP contribution is 2.44. The largest absolute Gasteiger partial charge is 0.444 e. The molecule has 0 radical (unpaired) electrons. The summed E-state index contributed by atoms with van der Waals surface area (Å²) in [5, 5.41) is 28.2. The van der Waals surface area contributed by atoms with Crippen molar-refractivity contribution in [2.24, 2.45) is 35.7 Å². The molecular weight excluding hydrogens is 1950 g/mol. The summed E-state index contributed by atoms with van der Waals surface area (Å²) >= 11 is 17.1. The lowest BCUT2D eigenvalue weighted by Gasteiger charge is -2.31. The fraction of sp³-hybridized carbons (Fsp3) is 0.406. The number of isothiocyanates is 1. The number of rotatable bonds is 13. The van der Waals surface area contributed by atoms with Crippen molar-refractivity contribution in [1.29, 1.82) is 0 Å². The SMILES string of the molecule is C.C.C.C.CC(C)(C)OC(=O)NC1=N[C@](C)(c2cc(N)ccc2F)CCS1.CC(C)(C)OC(=O)NC1=N[C@](C)(c2cc(N=C=S)ccc2F)CCS1.CC(C)(C)OC(=O)NC1=N[C@](C)(c2cc(NC(=S)NCc3ccccn3)ccc2F)CCS1.CC(C)(C)OC(=O)NC1=N[C@](C)(c2cc(Nc3ncc4ccccn34)ccc2F)CCS1.C[C@@]1(c2cc(Nc3ncc4ccccn34)ccc2F)CCSC(N)=N1. The summed E-state index contributed by atoms with van der Waals surface area (Å²) in [7, 11) is 0. The fourth-order valence-electron chi connectivity index (χ4n) is 14.3. The molecule has 4 amide bonds. The number of thiocarbonyl (C=S) groups is 2. The molecular formula is C101H130F5N21O8S7. The van der Waals surface area contributed by atoms with Crippen LogP contribution >= 0.6 is 83.2 Å². The average Bonchev–Trinajstić information content (AvgIpc) is 0.804. The van der Waals surface area contributed by atoms with Gasteiger partial charge in [0.25, 0.3) is 0 Å². The number of pyridine rings is 3. The Morgan fingerprint density at radius 1 is 0.423 bits per heavy atom. The molecule has 5 aliphatic heterocycles. The number of benzene rings is 5. The van der Waals surface area contributed by atoms with Crippen molar-refractivity contribution in [2.45, 2.75) is 236 Å². The monoisotopic (exact) mass is 2080 g/mol. The summed E-state index contributed by atoms with van der Waals surface area (Å²) in [5.74, 6) is 3.17. The van der Waals surface area contributed by atoms with E-state index in [0.717, 1.165) is 34.6 Å². The Kier molecular flexibility index (Phi) is 41.6. The highest BCUT2D eigenvalue weighted by Gasteiger charge is 2.40. The topological polar surface area (TPSA) is 375 Å². The number of carbonyl (C=O) groups is 4. The summed E-state index contributed by atoms with van der Waals surface area (Å²) in [5.41, 5.74) is 13.5. The molecule has 0 bridgehead atoms. The Morgan fingerprint density at radius 3 is 1.11 bits per heavy atom. The van der Waals surface area contributed by atoms with Crippen LogP contribution in [0.2, 0.25) is 0 Å². The van der Waals surface area contributed by atoms with E-state index in [1.807, 2.05) is 110 Å². The predicted octanol–water partition coefficient (Wildman–Crippen LogP) is 25.3. The van der Waals surface area contributed by atoms with Gasteiger partial charge in [-0.25, -0.2) is 51.1 Å². The van der Waals surface area contributed by atoms with Gasteiger partial charge in [-0.05, 0) is 302 Å². The zero-order valence-corrected chi connectivity index (χ0v) is 85.3. The quantitative estimate of drug-likeness (QED) is 0.0168. The average molecular weight is 2090 g/mol. The third-order valence-electron chi connectivity index (χ3n) is 21.1. The first-order valence-electron chi connectivity index (χ1n) is 44.0. The molecule has 0 spiro atoms. The van der Waals surface area contributed by atoms with Gasteiger partial charge in [0.2, 0.25) is 11.9 Å². The number of aromatic nitrogens is 5. The molecule has 5 aromatic carbocycles. The highest BCUT2D eigenvalue weighted by atomic mass is 32.2.